The van der Waals surface area contributed by atoms with Crippen molar-refractivity contribution < 1.29 is 172 Å². The topological polar surface area (TPSA) is 737 Å². The molecule has 7 amide bonds. The predicted molar refractivity (Wildman–Crippen MR) is 481 cm³/mol. The number of nitrogens with two attached hydrogens (primary N) is 3. The molecule has 45 nitrogen and oxygen atoms in total. The van der Waals surface area contributed by atoms with Crippen LogP contribution in [0.15, 0.2) is 97.1 Å². The number of phenolic OH excluding ortho intramolecular Hbond substituents is 5. The molecule has 17 rings (SSSR count). The van der Waals surface area contributed by atoms with E-state index in [9.17, 15) is 115 Å². The van der Waals surface area contributed by atoms with Gasteiger partial charge in [-0.05, 0) is 123 Å². The molecule has 0 aromatic heterocycles. The minimum Gasteiger partial charge on any atom is -0.508 e. The van der Waals surface area contributed by atoms with Crippen LogP contribution in [-0.2, 0) is 73.3 Å². The molecule has 0 spiro atoms. The highest BCUT2D eigenvalue weighted by Crippen LogP contribution is 2.55. The van der Waals surface area contributed by atoms with Crippen molar-refractivity contribution in [1.29, 1.82) is 0 Å². The second-order valence-electron chi connectivity index (χ2n) is 35.9. The Morgan fingerprint density at radius 2 is 1.26 bits per heavy atom. The van der Waals surface area contributed by atoms with Crippen LogP contribution in [0.1, 0.15) is 174 Å². The van der Waals surface area contributed by atoms with Crippen LogP contribution < -0.4 is 73.4 Å². The van der Waals surface area contributed by atoms with Crippen LogP contribution >= 0.6 is 23.2 Å². The quantitative estimate of drug-likeness (QED) is 0.0507. The molecule has 8 heterocycles. The number of carboxylic acids is 1. The molecule has 7 aromatic rings. The van der Waals surface area contributed by atoms with Crippen molar-refractivity contribution in [2.24, 2.45) is 23.1 Å². The molecule has 28 N–H and O–H groups in total. The summed E-state index contributed by atoms with van der Waals surface area (Å²) in [6, 6.07) is 2.96. The van der Waals surface area contributed by atoms with Crippen LogP contribution in [0, 0.1) is 5.92 Å². The summed E-state index contributed by atoms with van der Waals surface area (Å²) in [5.41, 5.74) is 10.4. The number of hydrogen-bond acceptors (Lipinski definition) is 37. The lowest BCUT2D eigenvalue weighted by Crippen LogP contribution is -2.64. The van der Waals surface area contributed by atoms with Crippen molar-refractivity contribution in [3.8, 4) is 74.4 Å². The number of ether oxygens (including phenoxy) is 9. The van der Waals surface area contributed by atoms with Crippen LogP contribution in [0.3, 0.4) is 0 Å². The molecule has 140 heavy (non-hydrogen) atoms. The number of methoxy groups -OCH3 is 1. The number of carbonyl (C=O) groups is 11. The molecule has 0 radical (unpaired) electrons. The molecule has 3 fully saturated rings. The Morgan fingerprint density at radius 1 is 0.636 bits per heavy atom. The van der Waals surface area contributed by atoms with Gasteiger partial charge in [-0.2, -0.15) is 0 Å². The Labute approximate surface area is 805 Å². The third-order valence-electron chi connectivity index (χ3n) is 25.6. The molecule has 750 valence electrons. The van der Waals surface area contributed by atoms with Gasteiger partial charge in [0.2, 0.25) is 59.2 Å². The van der Waals surface area contributed by atoms with Crippen LogP contribution in [-0.4, -0.2) is 278 Å². The van der Waals surface area contributed by atoms with Crippen molar-refractivity contribution in [2.75, 3.05) is 27.4 Å². The number of Topliss-reactive ketones (excluding diaryl/α,β-unsaturated/α-hetero) is 1. The normalized spacial score (nSPS) is 29.6. The lowest BCUT2D eigenvalue weighted by atomic mass is 9.72. The van der Waals surface area contributed by atoms with Gasteiger partial charge in [0.15, 0.2) is 47.8 Å². The number of primary amides is 1. The van der Waals surface area contributed by atoms with Gasteiger partial charge in [0, 0.05) is 76.7 Å². The van der Waals surface area contributed by atoms with Crippen LogP contribution in [0.25, 0.3) is 11.1 Å². The number of ketones is 3. The molecule has 2 aliphatic carbocycles. The van der Waals surface area contributed by atoms with Gasteiger partial charge in [-0.25, -0.2) is 4.79 Å². The van der Waals surface area contributed by atoms with Gasteiger partial charge in [0.1, 0.15) is 119 Å². The van der Waals surface area contributed by atoms with Gasteiger partial charge in [-0.1, -0.05) is 67.4 Å². The molecule has 47 heteroatoms. The van der Waals surface area contributed by atoms with Crippen molar-refractivity contribution in [3.05, 3.63) is 168 Å². The number of phenols is 5. The predicted octanol–water partition coefficient (Wildman–Crippen LogP) is 0.108. The fraction of sp³-hybridized carbons (Fsp3) is 0.430. The lowest BCUT2D eigenvalue weighted by Gasteiger charge is -2.47. The van der Waals surface area contributed by atoms with E-state index in [0.29, 0.717) is 0 Å². The van der Waals surface area contributed by atoms with E-state index in [1.165, 1.54) is 58.3 Å². The number of benzene rings is 7. The number of fused-ring (bicyclic) bond motifs is 18. The first-order valence-corrected chi connectivity index (χ1v) is 44.8. The number of aliphatic hydroxyl groups excluding tert-OH is 8. The van der Waals surface area contributed by atoms with E-state index in [0.717, 1.165) is 66.7 Å². The summed E-state index contributed by atoms with van der Waals surface area (Å²) in [4.78, 5) is 157. The summed E-state index contributed by atoms with van der Waals surface area (Å²) in [7, 11) is 2.79. The van der Waals surface area contributed by atoms with Gasteiger partial charge in [-0.3, -0.25) is 47.9 Å². The summed E-state index contributed by atoms with van der Waals surface area (Å²) in [5, 5.41) is 184. The molecule has 10 aliphatic rings. The van der Waals surface area contributed by atoms with E-state index in [2.05, 4.69) is 37.2 Å². The molecule has 1 unspecified atom stereocenters. The largest absolute Gasteiger partial charge is 0.508 e. The second kappa shape index (κ2) is 41.3. The fourth-order valence-electron chi connectivity index (χ4n) is 18.2. The molecule has 24 atom stereocenters. The van der Waals surface area contributed by atoms with Gasteiger partial charge in [-0.15, -0.1) is 0 Å². The first-order chi connectivity index (χ1) is 66.1. The van der Waals surface area contributed by atoms with Gasteiger partial charge in [0.05, 0.1) is 83.4 Å². The fourth-order valence-corrected chi connectivity index (χ4v) is 18.7. The maximum absolute atomic E-state index is 16.0. The van der Waals surface area contributed by atoms with Gasteiger partial charge < -0.3 is 174 Å². The zero-order valence-electron chi connectivity index (χ0n) is 75.5. The number of aliphatic carboxylic acids is 1. The van der Waals surface area contributed by atoms with Crippen molar-refractivity contribution >= 4 is 87.9 Å². The highest BCUT2D eigenvalue weighted by molar-refractivity contribution is 6.33. The Kier molecular flexibility index (Phi) is 30.5. The zero-order valence-corrected chi connectivity index (χ0v) is 77.0. The van der Waals surface area contributed by atoms with Crippen LogP contribution in [0.5, 0.6) is 63.2 Å². The van der Waals surface area contributed by atoms with E-state index >= 15 is 14.4 Å². The number of aromatic hydroxyl groups is 5. The summed E-state index contributed by atoms with van der Waals surface area (Å²) < 4.78 is 55.3. The summed E-state index contributed by atoms with van der Waals surface area (Å²) in [5.74, 6) is -19.8. The second-order valence-corrected chi connectivity index (χ2v) is 36.7. The Balaban J connectivity index is 0.000000331. The third kappa shape index (κ3) is 20.5. The Bertz CT molecular complexity index is 6080. The van der Waals surface area contributed by atoms with Gasteiger partial charge in [0.25, 0.3) is 0 Å². The number of amides is 7. The minimum absolute atomic E-state index is 0.0173. The summed E-state index contributed by atoms with van der Waals surface area (Å²) >= 11 is 14.1. The average molecular weight is 1990 g/mol. The van der Waals surface area contributed by atoms with Crippen LogP contribution in [0.2, 0.25) is 10.0 Å². The highest BCUT2D eigenvalue weighted by atomic mass is 35.5. The standard InChI is InChI=1S/C66H75Cl2N9O24.C27H29NO11/c1-23(2)12-34(71-5)58(88)76-49-51(83)26-7-10-38(32(67)14-26)97-40-16-28-17-41(55(40)101-65-56(54(86)53(85)42(22-78)99-65)100-44-21-66(4,70)57(87)24(3)96-44)98-39-11-8-27(15-33(39)68)52(84)50-63(93)75-48(64(94)95)31-18-29(79)19-37(81)45(31)30-13-25(6-9-36(30)80)46(60(90)77-50)74-61(91)47(28)73-59(89)35(20-43(69)82)72-62(49)92;1-10-22(31)13(28)6-17(38-10)39-15-8-27(36,16(30)9-29)7-12-19(15)26(35)21-20(24(12)33)23(32)11-4-3-5-14(37-2)18(11)25(21)34/h6-11,13-19,23-24,34-35,42,44,46-54,56-57,65,71,78-81,83-87H,12,20-22,70H2,1-5H3,(H2,69,82)(H,72,92)(H,73,89)(H,74,91)(H,75,93)(H,76,88)(H,77,90)(H,94,95);3-5,10,13,15,17,22,29,31,33,35-36H,6-9,28H2,1-2H3/t24-,34+,35-,42+,44-,46+,47+,48+,49+,50-,51+,52+,53+,54-,56+,57?,65-,66-;10-,13-,15-,17-,22-,27-/m00/s1. The molecular weight excluding hydrogens is 1890 g/mol. The number of hydrogen-bond donors (Lipinski definition) is 25. The first-order valence-electron chi connectivity index (χ1n) is 44.0. The number of carbonyl (C=O) groups excluding carboxylic acids is 10. The SMILES string of the molecule is CN[C@H](CC(C)C)C(=O)N[C@H]1C(=O)N[C@@H](CC(N)=O)C(=O)N[C@H]2C(=O)N[C@H]3C(=O)N[C@H](C(=O)N[C@@H](C(=O)O)c4cc(O)cc(O)c4-c4cc3ccc4O)[C@H](O)c3ccc(c(Cl)c3)Oc3cc2cc(c3O[C@@H]2O[C@H](CO)[C@@H](O)[C@H](O)[C@H]2O[C@H]2C[C@](C)(N)C(O)[C@H](C)O2)Oc2ccc(cc2Cl)[C@H]1O.COc1cccc2c1C(=O)c1c(O)c3c(c(O)c1C2=O)C[C@@](O)(C(=O)CO)C[C@@H]3O[C@H]1C[C@H](N)[C@@H](O)[C@H](C)O1. The number of aliphatic hydroxyl groups is 9. The monoisotopic (exact) mass is 1990 g/mol. The smallest absolute Gasteiger partial charge is 0.330 e. The Hall–Kier alpha value is -12.6. The van der Waals surface area contributed by atoms with Crippen molar-refractivity contribution in [3.63, 3.8) is 0 Å². The summed E-state index contributed by atoms with van der Waals surface area (Å²) in [6.07, 6.45) is -23.7. The van der Waals surface area contributed by atoms with Crippen molar-refractivity contribution in [2.45, 2.75) is 219 Å². The maximum atomic E-state index is 16.0. The van der Waals surface area contributed by atoms with Crippen molar-refractivity contribution in [1.82, 2.24) is 37.2 Å². The third-order valence-corrected chi connectivity index (χ3v) is 26.2. The zero-order chi connectivity index (χ0) is 102. The van der Waals surface area contributed by atoms with E-state index in [-0.39, 0.29) is 80.6 Å². The summed E-state index contributed by atoms with van der Waals surface area (Å²) in [6.45, 7) is 6.22. The molecular formula is C93H104Cl2N10O35. The molecule has 8 aliphatic heterocycles. The van der Waals surface area contributed by atoms with E-state index in [1.54, 1.807) is 6.92 Å². The number of rotatable bonds is 18. The number of nitrogens with one attached hydrogen (secondary N) is 7. The van der Waals surface area contributed by atoms with E-state index in [4.69, 9.17) is 83.0 Å². The van der Waals surface area contributed by atoms with E-state index < -0.39 is 333 Å². The molecule has 11 bridgehead atoms. The van der Waals surface area contributed by atoms with Crippen LogP contribution in [0.4, 0.5) is 0 Å². The number of likely N-dealkylation sites (N-methyl/N-ethyl adjacent to an activating group) is 1. The minimum atomic E-state index is -2.35. The van der Waals surface area contributed by atoms with Gasteiger partial charge >= 0.3 is 5.97 Å². The first kappa shape index (κ1) is 103. The number of halogens is 2. The van der Waals surface area contributed by atoms with E-state index in [1.807, 2.05) is 13.8 Å². The maximum Gasteiger partial charge on any atom is 0.330 e. The Morgan fingerprint density at radius 3 is 1.86 bits per heavy atom. The number of carboxylic acid groups (broad SMARTS) is 1. The highest BCUT2D eigenvalue weighted by Gasteiger charge is 2.55. The molecule has 3 saturated heterocycles. The molecule has 7 aromatic carbocycles. The molecule has 0 saturated carbocycles. The lowest BCUT2D eigenvalue weighted by molar-refractivity contribution is -0.333. The average Bonchev–Trinajstić information content (AvgIpc) is 0.706.